The third kappa shape index (κ3) is 3.58. The molecule has 4 heteroatoms. The molecule has 1 aromatic heterocycles. The average molecular weight is 343 g/mol. The standard InChI is InChI=1S/C21H31N2O2/c1-14(2)17-11-10-15(3)12-20(17)25-21(24)13-23-16(4)22(5)18-8-6-7-9-19(18)23/h6-9,14-15,17,20H,10-13H2,1-5H3/q+1/t15-,17-,20+/m1/s1. The van der Waals surface area contributed by atoms with Gasteiger partial charge in [-0.3, -0.25) is 0 Å². The number of benzene rings is 1. The molecule has 1 aromatic carbocycles. The van der Waals surface area contributed by atoms with Crippen LogP contribution in [0.15, 0.2) is 24.3 Å². The van der Waals surface area contributed by atoms with E-state index in [1.165, 1.54) is 6.42 Å². The Bertz CT molecular complexity index is 763. The van der Waals surface area contributed by atoms with E-state index in [0.29, 0.717) is 17.8 Å². The van der Waals surface area contributed by atoms with E-state index in [1.807, 2.05) is 26.1 Å². The summed E-state index contributed by atoms with van der Waals surface area (Å²) in [4.78, 5) is 12.7. The summed E-state index contributed by atoms with van der Waals surface area (Å²) in [5.74, 6) is 2.63. The Morgan fingerprint density at radius 1 is 1.32 bits per heavy atom. The van der Waals surface area contributed by atoms with E-state index in [-0.39, 0.29) is 18.6 Å². The molecule has 1 aliphatic carbocycles. The van der Waals surface area contributed by atoms with Crippen LogP contribution in [0.5, 0.6) is 0 Å². The van der Waals surface area contributed by atoms with Gasteiger partial charge in [-0.05, 0) is 42.7 Å². The minimum Gasteiger partial charge on any atom is -0.459 e. The summed E-state index contributed by atoms with van der Waals surface area (Å²) in [6.07, 6.45) is 3.46. The van der Waals surface area contributed by atoms with Gasteiger partial charge in [-0.15, -0.1) is 0 Å². The zero-order chi connectivity index (χ0) is 18.1. The number of fused-ring (bicyclic) bond motifs is 1. The highest BCUT2D eigenvalue weighted by molar-refractivity contribution is 5.76. The molecule has 0 amide bonds. The van der Waals surface area contributed by atoms with Crippen molar-refractivity contribution in [2.45, 2.75) is 59.6 Å². The van der Waals surface area contributed by atoms with Crippen molar-refractivity contribution in [1.82, 2.24) is 4.57 Å². The van der Waals surface area contributed by atoms with E-state index < -0.39 is 0 Å². The van der Waals surface area contributed by atoms with E-state index in [0.717, 1.165) is 29.7 Å². The molecule has 0 aliphatic heterocycles. The molecule has 1 saturated carbocycles. The molecule has 0 bridgehead atoms. The van der Waals surface area contributed by atoms with Gasteiger partial charge in [0.1, 0.15) is 6.10 Å². The number of aryl methyl sites for hydroxylation is 1. The van der Waals surface area contributed by atoms with Crippen LogP contribution in [0.4, 0.5) is 0 Å². The number of aromatic nitrogens is 2. The molecule has 2 aromatic rings. The Morgan fingerprint density at radius 2 is 2.04 bits per heavy atom. The molecular formula is C21H31N2O2+. The highest BCUT2D eigenvalue weighted by Crippen LogP contribution is 2.35. The number of hydrogen-bond acceptors (Lipinski definition) is 2. The molecular weight excluding hydrogens is 312 g/mol. The maximum Gasteiger partial charge on any atom is 0.348 e. The van der Waals surface area contributed by atoms with Gasteiger partial charge in [0.05, 0.1) is 7.05 Å². The second kappa shape index (κ2) is 7.19. The molecule has 0 unspecified atom stereocenters. The van der Waals surface area contributed by atoms with E-state index in [1.54, 1.807) is 0 Å². The van der Waals surface area contributed by atoms with Crippen molar-refractivity contribution in [3.05, 3.63) is 30.1 Å². The van der Waals surface area contributed by atoms with Crippen LogP contribution in [-0.4, -0.2) is 16.6 Å². The minimum absolute atomic E-state index is 0.0622. The zero-order valence-electron chi connectivity index (χ0n) is 16.2. The molecule has 0 N–H and O–H groups in total. The van der Waals surface area contributed by atoms with Gasteiger partial charge in [0, 0.05) is 6.92 Å². The van der Waals surface area contributed by atoms with Crippen LogP contribution in [0.25, 0.3) is 11.0 Å². The highest BCUT2D eigenvalue weighted by atomic mass is 16.5. The second-order valence-electron chi connectivity index (χ2n) is 8.04. The number of carbonyl (C=O) groups is 1. The Kier molecular flexibility index (Phi) is 5.16. The molecule has 3 rings (SSSR count). The van der Waals surface area contributed by atoms with Gasteiger partial charge in [-0.25, -0.2) is 13.9 Å². The van der Waals surface area contributed by atoms with Gasteiger partial charge >= 0.3 is 5.97 Å². The number of imidazole rings is 1. The maximum atomic E-state index is 12.7. The van der Waals surface area contributed by atoms with Crippen molar-refractivity contribution in [3.8, 4) is 0 Å². The first kappa shape index (κ1) is 18.0. The molecule has 1 heterocycles. The SMILES string of the molecule is Cc1n(CC(=O)O[C@H]2C[C@H](C)CC[C@@H]2C(C)C)c2ccccc2[n+]1C. The lowest BCUT2D eigenvalue weighted by Gasteiger charge is -2.36. The number of para-hydroxylation sites is 2. The molecule has 136 valence electrons. The predicted molar refractivity (Wildman–Crippen MR) is 99.1 cm³/mol. The van der Waals surface area contributed by atoms with Crippen molar-refractivity contribution < 1.29 is 14.1 Å². The van der Waals surface area contributed by atoms with Crippen LogP contribution in [-0.2, 0) is 23.1 Å². The second-order valence-corrected chi connectivity index (χ2v) is 8.04. The first-order chi connectivity index (χ1) is 11.9. The van der Waals surface area contributed by atoms with Crippen molar-refractivity contribution in [2.75, 3.05) is 0 Å². The quantitative estimate of drug-likeness (QED) is 0.625. The van der Waals surface area contributed by atoms with Crippen molar-refractivity contribution in [2.24, 2.45) is 24.8 Å². The molecule has 0 spiro atoms. The third-order valence-corrected chi connectivity index (χ3v) is 5.94. The maximum absolute atomic E-state index is 12.7. The topological polar surface area (TPSA) is 35.1 Å². The van der Waals surface area contributed by atoms with Gasteiger partial charge in [-0.1, -0.05) is 39.3 Å². The van der Waals surface area contributed by atoms with Crippen molar-refractivity contribution >= 4 is 17.0 Å². The number of carbonyl (C=O) groups excluding carboxylic acids is 1. The Morgan fingerprint density at radius 3 is 2.76 bits per heavy atom. The lowest BCUT2D eigenvalue weighted by atomic mass is 9.75. The summed E-state index contributed by atoms with van der Waals surface area (Å²) in [6, 6.07) is 8.19. The van der Waals surface area contributed by atoms with Crippen LogP contribution in [0.1, 0.15) is 45.9 Å². The summed E-state index contributed by atoms with van der Waals surface area (Å²) in [5, 5.41) is 0. The van der Waals surface area contributed by atoms with Gasteiger partial charge in [-0.2, -0.15) is 0 Å². The molecule has 0 saturated heterocycles. The van der Waals surface area contributed by atoms with Crippen LogP contribution < -0.4 is 4.57 Å². The van der Waals surface area contributed by atoms with Gasteiger partial charge in [0.25, 0.3) is 5.82 Å². The monoisotopic (exact) mass is 343 g/mol. The summed E-state index contributed by atoms with van der Waals surface area (Å²) >= 11 is 0. The minimum atomic E-state index is -0.116. The number of rotatable bonds is 4. The fraction of sp³-hybridized carbons (Fsp3) is 0.619. The van der Waals surface area contributed by atoms with Gasteiger partial charge < -0.3 is 4.74 Å². The lowest BCUT2D eigenvalue weighted by molar-refractivity contribution is -0.652. The number of esters is 1. The third-order valence-electron chi connectivity index (χ3n) is 5.94. The first-order valence-electron chi connectivity index (χ1n) is 9.51. The van der Waals surface area contributed by atoms with Crippen LogP contribution >= 0.6 is 0 Å². The Hall–Kier alpha value is -1.84. The van der Waals surface area contributed by atoms with E-state index in [9.17, 15) is 4.79 Å². The predicted octanol–water partition coefficient (Wildman–Crippen LogP) is 3.78. The normalized spacial score (nSPS) is 24.0. The molecule has 1 fully saturated rings. The van der Waals surface area contributed by atoms with Crippen LogP contribution in [0.3, 0.4) is 0 Å². The van der Waals surface area contributed by atoms with E-state index in [2.05, 4.69) is 42.0 Å². The van der Waals surface area contributed by atoms with Crippen molar-refractivity contribution in [1.29, 1.82) is 0 Å². The number of ether oxygens (including phenoxy) is 1. The summed E-state index contributed by atoms with van der Waals surface area (Å²) in [5.41, 5.74) is 2.22. The molecule has 4 nitrogen and oxygen atoms in total. The summed E-state index contributed by atoms with van der Waals surface area (Å²) in [7, 11) is 2.04. The smallest absolute Gasteiger partial charge is 0.348 e. The van der Waals surface area contributed by atoms with E-state index in [4.69, 9.17) is 4.74 Å². The lowest BCUT2D eigenvalue weighted by Crippen LogP contribution is -2.37. The Balaban J connectivity index is 1.77. The summed E-state index contributed by atoms with van der Waals surface area (Å²) < 4.78 is 10.2. The molecule has 25 heavy (non-hydrogen) atoms. The van der Waals surface area contributed by atoms with Crippen LogP contribution in [0, 0.1) is 24.7 Å². The number of nitrogens with zero attached hydrogens (tertiary/aromatic N) is 2. The van der Waals surface area contributed by atoms with Crippen LogP contribution in [0.2, 0.25) is 0 Å². The average Bonchev–Trinajstić information content (AvgIpc) is 2.80. The van der Waals surface area contributed by atoms with Crippen molar-refractivity contribution in [3.63, 3.8) is 0 Å². The number of hydrogen-bond donors (Lipinski definition) is 0. The fourth-order valence-corrected chi connectivity index (χ4v) is 4.29. The fourth-order valence-electron chi connectivity index (χ4n) is 4.29. The molecule has 1 aliphatic rings. The first-order valence-corrected chi connectivity index (χ1v) is 9.51. The zero-order valence-corrected chi connectivity index (χ0v) is 16.2. The molecule has 0 radical (unpaired) electrons. The largest absolute Gasteiger partial charge is 0.459 e. The van der Waals surface area contributed by atoms with Gasteiger partial charge in [0.15, 0.2) is 17.6 Å². The highest BCUT2D eigenvalue weighted by Gasteiger charge is 2.34. The molecule has 3 atom stereocenters. The van der Waals surface area contributed by atoms with E-state index >= 15 is 0 Å². The Labute approximate surface area is 150 Å². The van der Waals surface area contributed by atoms with Gasteiger partial charge in [0.2, 0.25) is 0 Å². The summed E-state index contributed by atoms with van der Waals surface area (Å²) in [6.45, 7) is 9.08.